The van der Waals surface area contributed by atoms with E-state index in [9.17, 15) is 4.79 Å². The van der Waals surface area contributed by atoms with Gasteiger partial charge in [-0.25, -0.2) is 0 Å². The minimum absolute atomic E-state index is 0.197. The van der Waals surface area contributed by atoms with E-state index < -0.39 is 0 Å². The van der Waals surface area contributed by atoms with Crippen molar-refractivity contribution in [2.45, 2.75) is 26.2 Å². The highest BCUT2D eigenvalue weighted by atomic mass is 79.9. The highest BCUT2D eigenvalue weighted by molar-refractivity contribution is 9.10. The minimum atomic E-state index is -0.309. The summed E-state index contributed by atoms with van der Waals surface area (Å²) in [6.45, 7) is 3.23. The van der Waals surface area contributed by atoms with Gasteiger partial charge in [-0.05, 0) is 83.3 Å². The van der Waals surface area contributed by atoms with Crippen LogP contribution in [0.1, 0.15) is 35.7 Å². The van der Waals surface area contributed by atoms with E-state index in [-0.39, 0.29) is 11.0 Å². The molecule has 172 valence electrons. The van der Waals surface area contributed by atoms with Crippen molar-refractivity contribution in [3.05, 3.63) is 88.4 Å². The molecule has 0 atom stereocenters. The first-order chi connectivity index (χ1) is 16.1. The van der Waals surface area contributed by atoms with Crippen LogP contribution in [-0.2, 0) is 6.42 Å². The number of thiocarbonyl (C=S) groups is 1. The highest BCUT2D eigenvalue weighted by Gasteiger charge is 2.12. The van der Waals surface area contributed by atoms with Gasteiger partial charge in [0, 0.05) is 5.56 Å². The maximum Gasteiger partial charge on any atom is 0.257 e. The zero-order chi connectivity index (χ0) is 23.5. The fourth-order valence-electron chi connectivity index (χ4n) is 3.10. The zero-order valence-electron chi connectivity index (χ0n) is 18.5. The van der Waals surface area contributed by atoms with Crippen LogP contribution in [0.4, 0.5) is 5.69 Å². The van der Waals surface area contributed by atoms with E-state index in [0.717, 1.165) is 23.7 Å². The van der Waals surface area contributed by atoms with Crippen LogP contribution in [0, 0.1) is 0 Å². The Balaban J connectivity index is 1.52. The maximum absolute atomic E-state index is 12.6. The molecule has 3 aromatic rings. The van der Waals surface area contributed by atoms with E-state index in [1.54, 1.807) is 18.2 Å². The van der Waals surface area contributed by atoms with E-state index in [2.05, 4.69) is 38.7 Å². The average Bonchev–Trinajstić information content (AvgIpc) is 2.82. The number of anilines is 1. The van der Waals surface area contributed by atoms with Crippen LogP contribution in [0.2, 0.25) is 0 Å². The second-order valence-electron chi connectivity index (χ2n) is 7.34. The molecule has 0 radical (unpaired) electrons. The third-order valence-corrected chi connectivity index (χ3v) is 5.55. The molecule has 2 N–H and O–H groups in total. The van der Waals surface area contributed by atoms with Gasteiger partial charge in [-0.2, -0.15) is 0 Å². The lowest BCUT2D eigenvalue weighted by molar-refractivity contribution is 0.0977. The number of rotatable bonds is 10. The molecule has 0 saturated heterocycles. The molecule has 0 aliphatic heterocycles. The standard InChI is InChI=1S/C26H27BrN2O3S/c1-2-16-31-23-15-14-20(18-21(23)27)25(30)29-26(33)28-22-12-6-7-13-24(22)32-17-8-11-19-9-4-3-5-10-19/h3-7,9-10,12-15,18H,2,8,11,16-17H2,1H3,(H2,28,29,30,33). The normalized spacial score (nSPS) is 10.4. The predicted molar refractivity (Wildman–Crippen MR) is 140 cm³/mol. The van der Waals surface area contributed by atoms with E-state index in [1.165, 1.54) is 5.56 Å². The summed E-state index contributed by atoms with van der Waals surface area (Å²) < 4.78 is 12.3. The number of nitrogens with one attached hydrogen (secondary N) is 2. The molecule has 5 nitrogen and oxygen atoms in total. The van der Waals surface area contributed by atoms with Crippen LogP contribution in [-0.4, -0.2) is 24.2 Å². The van der Waals surface area contributed by atoms with Crippen molar-refractivity contribution in [3.63, 3.8) is 0 Å². The van der Waals surface area contributed by atoms with Gasteiger partial charge < -0.3 is 14.8 Å². The predicted octanol–water partition coefficient (Wildman–Crippen LogP) is 6.38. The van der Waals surface area contributed by atoms with Gasteiger partial charge in [-0.15, -0.1) is 0 Å². The highest BCUT2D eigenvalue weighted by Crippen LogP contribution is 2.27. The van der Waals surface area contributed by atoms with E-state index in [4.69, 9.17) is 21.7 Å². The number of hydrogen-bond acceptors (Lipinski definition) is 4. The van der Waals surface area contributed by atoms with Crippen molar-refractivity contribution in [1.82, 2.24) is 5.32 Å². The van der Waals surface area contributed by atoms with Crippen LogP contribution in [0.25, 0.3) is 0 Å². The smallest absolute Gasteiger partial charge is 0.257 e. The van der Waals surface area contributed by atoms with Crippen molar-refractivity contribution < 1.29 is 14.3 Å². The second-order valence-corrected chi connectivity index (χ2v) is 8.60. The Morgan fingerprint density at radius 3 is 2.42 bits per heavy atom. The van der Waals surface area contributed by atoms with Crippen LogP contribution < -0.4 is 20.1 Å². The summed E-state index contributed by atoms with van der Waals surface area (Å²) in [6, 6.07) is 23.0. The number of carbonyl (C=O) groups excluding carboxylic acids is 1. The van der Waals surface area contributed by atoms with Crippen LogP contribution >= 0.6 is 28.1 Å². The number of benzene rings is 3. The zero-order valence-corrected chi connectivity index (χ0v) is 20.9. The maximum atomic E-state index is 12.6. The van der Waals surface area contributed by atoms with E-state index in [0.29, 0.717) is 36.0 Å². The number of carbonyl (C=O) groups is 1. The number of para-hydroxylation sites is 2. The van der Waals surface area contributed by atoms with Crippen LogP contribution in [0.3, 0.4) is 0 Å². The van der Waals surface area contributed by atoms with Gasteiger partial charge in [0.25, 0.3) is 5.91 Å². The summed E-state index contributed by atoms with van der Waals surface area (Å²) in [5.74, 6) is 1.08. The van der Waals surface area contributed by atoms with Crippen LogP contribution in [0.15, 0.2) is 77.3 Å². The fraction of sp³-hybridized carbons (Fsp3) is 0.231. The molecule has 0 saturated carbocycles. The quantitative estimate of drug-likeness (QED) is 0.237. The van der Waals surface area contributed by atoms with Gasteiger partial charge >= 0.3 is 0 Å². The molecular weight excluding hydrogens is 500 g/mol. The first-order valence-electron chi connectivity index (χ1n) is 10.9. The van der Waals surface area contributed by atoms with Crippen molar-refractivity contribution in [1.29, 1.82) is 0 Å². The third kappa shape index (κ3) is 7.87. The largest absolute Gasteiger partial charge is 0.492 e. The van der Waals surface area contributed by atoms with Crippen molar-refractivity contribution in [3.8, 4) is 11.5 Å². The summed E-state index contributed by atoms with van der Waals surface area (Å²) in [4.78, 5) is 12.6. The van der Waals surface area contributed by atoms with Crippen molar-refractivity contribution >= 4 is 44.9 Å². The summed E-state index contributed by atoms with van der Waals surface area (Å²) in [6.07, 6.45) is 2.75. The van der Waals surface area contributed by atoms with Gasteiger partial charge in [0.1, 0.15) is 11.5 Å². The Hall–Kier alpha value is -2.90. The molecule has 0 aromatic heterocycles. The minimum Gasteiger partial charge on any atom is -0.492 e. The molecule has 7 heteroatoms. The molecule has 1 amide bonds. The van der Waals surface area contributed by atoms with E-state index >= 15 is 0 Å². The lowest BCUT2D eigenvalue weighted by Gasteiger charge is -2.15. The first-order valence-corrected chi connectivity index (χ1v) is 12.1. The summed E-state index contributed by atoms with van der Waals surface area (Å²) in [5.41, 5.74) is 2.46. The molecule has 0 fully saturated rings. The molecule has 3 rings (SSSR count). The van der Waals surface area contributed by atoms with Crippen LogP contribution in [0.5, 0.6) is 11.5 Å². The molecule has 0 heterocycles. The molecule has 0 spiro atoms. The lowest BCUT2D eigenvalue weighted by atomic mass is 10.1. The fourth-order valence-corrected chi connectivity index (χ4v) is 3.79. The Kier molecular flexibility index (Phi) is 9.72. The van der Waals surface area contributed by atoms with Gasteiger partial charge in [0.15, 0.2) is 5.11 Å². The monoisotopic (exact) mass is 526 g/mol. The number of amides is 1. The SMILES string of the molecule is CCCOc1ccc(C(=O)NC(=S)Nc2ccccc2OCCCc2ccccc2)cc1Br. The third-order valence-electron chi connectivity index (χ3n) is 4.73. The summed E-state index contributed by atoms with van der Waals surface area (Å²) in [7, 11) is 0. The van der Waals surface area contributed by atoms with Crippen molar-refractivity contribution in [2.75, 3.05) is 18.5 Å². The molecule has 33 heavy (non-hydrogen) atoms. The van der Waals surface area contributed by atoms with Gasteiger partial charge in [0.2, 0.25) is 0 Å². The molecule has 0 unspecified atom stereocenters. The lowest BCUT2D eigenvalue weighted by Crippen LogP contribution is -2.34. The van der Waals surface area contributed by atoms with Gasteiger partial charge in [-0.1, -0.05) is 49.4 Å². The molecule has 0 aliphatic carbocycles. The Labute approximate surface area is 208 Å². The topological polar surface area (TPSA) is 59.6 Å². The molecule has 0 bridgehead atoms. The second kappa shape index (κ2) is 13.0. The number of hydrogen-bond donors (Lipinski definition) is 2. The Bertz CT molecular complexity index is 1080. The molecule has 0 aliphatic rings. The molecular formula is C26H27BrN2O3S. The number of ether oxygens (including phenoxy) is 2. The average molecular weight is 527 g/mol. The Morgan fingerprint density at radius 1 is 0.939 bits per heavy atom. The van der Waals surface area contributed by atoms with Gasteiger partial charge in [0.05, 0.1) is 23.4 Å². The summed E-state index contributed by atoms with van der Waals surface area (Å²) in [5, 5.41) is 5.97. The number of aryl methyl sites for hydroxylation is 1. The molecule has 3 aromatic carbocycles. The van der Waals surface area contributed by atoms with E-state index in [1.807, 2.05) is 49.4 Å². The Morgan fingerprint density at radius 2 is 1.67 bits per heavy atom. The summed E-state index contributed by atoms with van der Waals surface area (Å²) >= 11 is 8.80. The first kappa shape index (κ1) is 24.7. The number of halogens is 1. The van der Waals surface area contributed by atoms with Crippen molar-refractivity contribution in [2.24, 2.45) is 0 Å². The van der Waals surface area contributed by atoms with Gasteiger partial charge in [-0.3, -0.25) is 10.1 Å².